The first-order chi connectivity index (χ1) is 10.3. The maximum atomic E-state index is 10.5. The van der Waals surface area contributed by atoms with E-state index in [9.17, 15) is 5.11 Å². The molecule has 2 aromatic rings. The van der Waals surface area contributed by atoms with Crippen LogP contribution in [0, 0.1) is 0 Å². The number of phenols is 1. The van der Waals surface area contributed by atoms with Crippen LogP contribution in [0.4, 0.5) is 0 Å². The minimum absolute atomic E-state index is 0.309. The van der Waals surface area contributed by atoms with Crippen LogP contribution in [-0.4, -0.2) is 36.2 Å². The Morgan fingerprint density at radius 3 is 2.67 bits per heavy atom. The minimum Gasteiger partial charge on any atom is -0.508 e. The Labute approximate surface area is 126 Å². The highest BCUT2D eigenvalue weighted by molar-refractivity contribution is 5.88. The van der Waals surface area contributed by atoms with E-state index in [0.29, 0.717) is 11.8 Å². The van der Waals surface area contributed by atoms with Gasteiger partial charge in [-0.2, -0.15) is 0 Å². The minimum atomic E-state index is 0.309. The summed E-state index contributed by atoms with van der Waals surface area (Å²) in [5, 5.41) is 16.3. The van der Waals surface area contributed by atoms with E-state index >= 15 is 0 Å². The van der Waals surface area contributed by atoms with Gasteiger partial charge in [-0.15, -0.1) is 0 Å². The molecule has 112 valence electrons. The number of piperazine rings is 1. The third-order valence-electron chi connectivity index (χ3n) is 4.44. The van der Waals surface area contributed by atoms with Crippen molar-refractivity contribution in [2.75, 3.05) is 26.2 Å². The molecule has 1 aliphatic rings. The fraction of sp³-hybridized carbons (Fsp3) is 0.444. The van der Waals surface area contributed by atoms with E-state index < -0.39 is 0 Å². The van der Waals surface area contributed by atoms with Gasteiger partial charge in [-0.05, 0) is 23.3 Å². The van der Waals surface area contributed by atoms with E-state index in [2.05, 4.69) is 41.4 Å². The van der Waals surface area contributed by atoms with Crippen molar-refractivity contribution in [1.29, 1.82) is 0 Å². The smallest absolute Gasteiger partial charge is 0.121 e. The second-order valence-electron chi connectivity index (χ2n) is 5.81. The molecule has 21 heavy (non-hydrogen) atoms. The predicted octanol–water partition coefficient (Wildman–Crippen LogP) is 3.29. The van der Waals surface area contributed by atoms with E-state index in [4.69, 9.17) is 0 Å². The first-order valence-corrected chi connectivity index (χ1v) is 7.96. The number of benzene rings is 2. The maximum absolute atomic E-state index is 10.5. The topological polar surface area (TPSA) is 35.5 Å². The molecule has 1 atom stereocenters. The summed E-state index contributed by atoms with van der Waals surface area (Å²) in [5.41, 5.74) is 1.11. The summed E-state index contributed by atoms with van der Waals surface area (Å²) in [5.74, 6) is 0.436. The molecule has 0 aromatic heterocycles. The van der Waals surface area contributed by atoms with E-state index in [0.717, 1.165) is 44.6 Å². The zero-order valence-corrected chi connectivity index (χ0v) is 12.7. The SMILES string of the molecule is CCC[C@H](c1c(O)ccc2ccccc12)N1CCNCC1. The first-order valence-electron chi connectivity index (χ1n) is 7.96. The third-order valence-corrected chi connectivity index (χ3v) is 4.44. The molecule has 0 spiro atoms. The molecular formula is C18H24N2O. The van der Waals surface area contributed by atoms with E-state index in [1.807, 2.05) is 12.1 Å². The molecule has 1 saturated heterocycles. The normalized spacial score (nSPS) is 18.0. The van der Waals surface area contributed by atoms with Gasteiger partial charge in [0.1, 0.15) is 5.75 Å². The summed E-state index contributed by atoms with van der Waals surface area (Å²) in [6.07, 6.45) is 2.21. The lowest BCUT2D eigenvalue weighted by Gasteiger charge is -2.36. The van der Waals surface area contributed by atoms with Gasteiger partial charge in [0.2, 0.25) is 0 Å². The summed E-state index contributed by atoms with van der Waals surface area (Å²) in [6.45, 7) is 6.38. The van der Waals surface area contributed by atoms with Crippen LogP contribution in [0.25, 0.3) is 10.8 Å². The quantitative estimate of drug-likeness (QED) is 0.904. The Balaban J connectivity index is 2.07. The fourth-order valence-electron chi connectivity index (χ4n) is 3.41. The highest BCUT2D eigenvalue weighted by Gasteiger charge is 2.25. The number of fused-ring (bicyclic) bond motifs is 1. The van der Waals surface area contributed by atoms with Gasteiger partial charge in [-0.25, -0.2) is 0 Å². The zero-order valence-electron chi connectivity index (χ0n) is 12.7. The Morgan fingerprint density at radius 2 is 1.90 bits per heavy atom. The summed E-state index contributed by atoms with van der Waals surface area (Å²) in [4.78, 5) is 2.52. The van der Waals surface area contributed by atoms with Crippen LogP contribution in [-0.2, 0) is 0 Å². The number of nitrogens with zero attached hydrogens (tertiary/aromatic N) is 1. The lowest BCUT2D eigenvalue weighted by atomic mass is 9.93. The summed E-state index contributed by atoms with van der Waals surface area (Å²) in [6, 6.07) is 12.5. The number of rotatable bonds is 4. The molecule has 0 radical (unpaired) electrons. The molecule has 1 heterocycles. The monoisotopic (exact) mass is 284 g/mol. The molecule has 0 amide bonds. The fourth-order valence-corrected chi connectivity index (χ4v) is 3.41. The number of aromatic hydroxyl groups is 1. The van der Waals surface area contributed by atoms with E-state index in [1.165, 1.54) is 10.8 Å². The summed E-state index contributed by atoms with van der Waals surface area (Å²) < 4.78 is 0. The number of nitrogens with one attached hydrogen (secondary N) is 1. The van der Waals surface area contributed by atoms with Gasteiger partial charge >= 0.3 is 0 Å². The lowest BCUT2D eigenvalue weighted by molar-refractivity contribution is 0.163. The first kappa shape index (κ1) is 14.4. The Bertz CT molecular complexity index is 605. The van der Waals surface area contributed by atoms with Crippen molar-refractivity contribution in [2.24, 2.45) is 0 Å². The van der Waals surface area contributed by atoms with Gasteiger partial charge in [0.15, 0.2) is 0 Å². The van der Waals surface area contributed by atoms with Crippen molar-refractivity contribution in [3.05, 3.63) is 42.0 Å². The van der Waals surface area contributed by atoms with Gasteiger partial charge < -0.3 is 10.4 Å². The number of phenolic OH excluding ortho intramolecular Hbond substituents is 1. The molecule has 0 aliphatic carbocycles. The van der Waals surface area contributed by atoms with Crippen molar-refractivity contribution >= 4 is 10.8 Å². The van der Waals surface area contributed by atoms with Crippen molar-refractivity contribution in [3.63, 3.8) is 0 Å². The molecule has 2 aromatic carbocycles. The van der Waals surface area contributed by atoms with Crippen LogP contribution in [0.2, 0.25) is 0 Å². The molecule has 1 aliphatic heterocycles. The van der Waals surface area contributed by atoms with Crippen LogP contribution in [0.15, 0.2) is 36.4 Å². The van der Waals surface area contributed by atoms with Crippen LogP contribution in [0.1, 0.15) is 31.4 Å². The second kappa shape index (κ2) is 6.46. The summed E-state index contributed by atoms with van der Waals surface area (Å²) in [7, 11) is 0. The molecule has 0 saturated carbocycles. The lowest BCUT2D eigenvalue weighted by Crippen LogP contribution is -2.45. The Hall–Kier alpha value is -1.58. The summed E-state index contributed by atoms with van der Waals surface area (Å²) >= 11 is 0. The van der Waals surface area contributed by atoms with Gasteiger partial charge in [-0.1, -0.05) is 43.7 Å². The van der Waals surface area contributed by atoms with Crippen molar-refractivity contribution in [2.45, 2.75) is 25.8 Å². The van der Waals surface area contributed by atoms with Gasteiger partial charge in [0.25, 0.3) is 0 Å². The Kier molecular flexibility index (Phi) is 4.42. The molecule has 3 heteroatoms. The van der Waals surface area contributed by atoms with Crippen molar-refractivity contribution < 1.29 is 5.11 Å². The van der Waals surface area contributed by atoms with Gasteiger partial charge in [-0.3, -0.25) is 4.90 Å². The standard InChI is InChI=1S/C18H24N2O/c1-2-5-16(20-12-10-19-11-13-20)18-15-7-4-3-6-14(15)8-9-17(18)21/h3-4,6-9,16,19,21H,2,5,10-13H2,1H3/t16-/m1/s1. The maximum Gasteiger partial charge on any atom is 0.121 e. The number of hydrogen-bond donors (Lipinski definition) is 2. The average molecular weight is 284 g/mol. The average Bonchev–Trinajstić information content (AvgIpc) is 2.54. The highest BCUT2D eigenvalue weighted by Crippen LogP contribution is 2.37. The second-order valence-corrected chi connectivity index (χ2v) is 5.81. The van der Waals surface area contributed by atoms with Crippen LogP contribution < -0.4 is 5.32 Å². The van der Waals surface area contributed by atoms with Crippen molar-refractivity contribution in [1.82, 2.24) is 10.2 Å². The largest absolute Gasteiger partial charge is 0.508 e. The van der Waals surface area contributed by atoms with E-state index in [-0.39, 0.29) is 0 Å². The molecule has 2 N–H and O–H groups in total. The van der Waals surface area contributed by atoms with Crippen molar-refractivity contribution in [3.8, 4) is 5.75 Å². The van der Waals surface area contributed by atoms with Gasteiger partial charge in [0, 0.05) is 37.8 Å². The van der Waals surface area contributed by atoms with Crippen LogP contribution in [0.3, 0.4) is 0 Å². The molecule has 0 bridgehead atoms. The van der Waals surface area contributed by atoms with Crippen LogP contribution >= 0.6 is 0 Å². The number of hydrogen-bond acceptors (Lipinski definition) is 3. The predicted molar refractivity (Wildman–Crippen MR) is 87.7 cm³/mol. The Morgan fingerprint density at radius 1 is 1.14 bits per heavy atom. The molecule has 3 nitrogen and oxygen atoms in total. The van der Waals surface area contributed by atoms with Crippen LogP contribution in [0.5, 0.6) is 5.75 Å². The molecule has 3 rings (SSSR count). The van der Waals surface area contributed by atoms with Gasteiger partial charge in [0.05, 0.1) is 0 Å². The molecular weight excluding hydrogens is 260 g/mol. The zero-order chi connectivity index (χ0) is 14.7. The van der Waals surface area contributed by atoms with E-state index in [1.54, 1.807) is 0 Å². The molecule has 0 unspecified atom stereocenters. The molecule has 1 fully saturated rings. The third kappa shape index (κ3) is 2.89. The highest BCUT2D eigenvalue weighted by atomic mass is 16.3.